The number of hydrogen-bond acceptors (Lipinski definition) is 1. The smallest absolute Gasteiger partial charge is 0.0537 e. The van der Waals surface area contributed by atoms with Gasteiger partial charge in [-0.15, -0.1) is 0 Å². The van der Waals surface area contributed by atoms with Gasteiger partial charge >= 0.3 is 0 Å². The van der Waals surface area contributed by atoms with Crippen LogP contribution in [-0.2, 0) is 5.41 Å². The molecular formula is C51H48N2. The van der Waals surface area contributed by atoms with Crippen molar-refractivity contribution in [1.29, 1.82) is 0 Å². The van der Waals surface area contributed by atoms with E-state index in [0.717, 1.165) is 19.3 Å². The van der Waals surface area contributed by atoms with E-state index in [-0.39, 0.29) is 11.3 Å². The van der Waals surface area contributed by atoms with Crippen LogP contribution in [0.3, 0.4) is 0 Å². The number of hydrogen-bond donors (Lipinski definition) is 0. The summed E-state index contributed by atoms with van der Waals surface area (Å²) in [6.07, 6.45) is 19.8. The molecule has 0 bridgehead atoms. The van der Waals surface area contributed by atoms with Gasteiger partial charge in [0, 0.05) is 46.1 Å². The number of allylic oxidation sites excluding steroid dienone is 7. The zero-order chi connectivity index (χ0) is 36.0. The molecule has 0 saturated carbocycles. The van der Waals surface area contributed by atoms with Gasteiger partial charge < -0.3 is 4.57 Å². The molecule has 0 spiro atoms. The molecule has 2 heteroatoms. The molecule has 6 aromatic carbocycles. The largest absolute Gasteiger partial charge is 0.313 e. The fourth-order valence-corrected chi connectivity index (χ4v) is 9.84. The van der Waals surface area contributed by atoms with E-state index in [1.807, 2.05) is 0 Å². The predicted octanol–water partition coefficient (Wildman–Crippen LogP) is 13.9. The molecular weight excluding hydrogens is 641 g/mol. The molecule has 10 rings (SSSR count). The van der Waals surface area contributed by atoms with Gasteiger partial charge in [-0.05, 0) is 104 Å². The second kappa shape index (κ2) is 12.2. The van der Waals surface area contributed by atoms with Crippen molar-refractivity contribution in [2.24, 2.45) is 22.7 Å². The number of fused-ring (bicyclic) bond motifs is 3. The Hall–Kier alpha value is -5.21. The Morgan fingerprint density at radius 1 is 0.679 bits per heavy atom. The highest BCUT2D eigenvalue weighted by molar-refractivity contribution is 6.24. The zero-order valence-corrected chi connectivity index (χ0v) is 31.6. The fourth-order valence-electron chi connectivity index (χ4n) is 9.84. The van der Waals surface area contributed by atoms with E-state index in [1.165, 1.54) is 82.2 Å². The van der Waals surface area contributed by atoms with Gasteiger partial charge in [-0.3, -0.25) is 4.99 Å². The van der Waals surface area contributed by atoms with Crippen LogP contribution in [0.1, 0.15) is 82.4 Å². The highest BCUT2D eigenvalue weighted by atomic mass is 15.0. The Morgan fingerprint density at radius 3 is 1.96 bits per heavy atom. The summed E-state index contributed by atoms with van der Waals surface area (Å²) in [5.74, 6) is 2.03. The van der Waals surface area contributed by atoms with E-state index in [2.05, 4.69) is 173 Å². The summed E-state index contributed by atoms with van der Waals surface area (Å²) in [6, 6.07) is 34.9. The minimum atomic E-state index is 0.0820. The van der Waals surface area contributed by atoms with E-state index < -0.39 is 0 Å². The first kappa shape index (κ1) is 32.4. The van der Waals surface area contributed by atoms with Crippen LogP contribution in [0.4, 0.5) is 0 Å². The molecule has 2 aliphatic carbocycles. The first-order valence-electron chi connectivity index (χ1n) is 19.8. The molecule has 1 aromatic heterocycles. The van der Waals surface area contributed by atoms with Crippen LogP contribution >= 0.6 is 0 Å². The molecule has 262 valence electrons. The molecule has 0 N–H and O–H groups in total. The lowest BCUT2D eigenvalue weighted by molar-refractivity contribution is 0.402. The molecule has 53 heavy (non-hydrogen) atoms. The molecule has 3 aliphatic rings. The Morgan fingerprint density at radius 2 is 1.34 bits per heavy atom. The maximum Gasteiger partial charge on any atom is 0.0537 e. The van der Waals surface area contributed by atoms with Gasteiger partial charge in [-0.2, -0.15) is 0 Å². The SMILES string of the molecule is CC1C=NC(C2C=CC(c3cc(C4C=CC=C(n5c6ccccc6c6ccccc65)C4)c4ccc5cc(C(C)(C)C)cc6ccc3c4c56)CC2C)=CC1. The number of aliphatic imine (C=N–C) groups is 1. The summed E-state index contributed by atoms with van der Waals surface area (Å²) >= 11 is 0. The van der Waals surface area contributed by atoms with Crippen molar-refractivity contribution in [2.45, 2.75) is 71.1 Å². The summed E-state index contributed by atoms with van der Waals surface area (Å²) in [5.41, 5.74) is 9.56. The third-order valence-corrected chi connectivity index (χ3v) is 12.7. The summed E-state index contributed by atoms with van der Waals surface area (Å²) in [4.78, 5) is 4.92. The Labute approximate surface area is 313 Å². The van der Waals surface area contributed by atoms with Crippen molar-refractivity contribution in [2.75, 3.05) is 0 Å². The van der Waals surface area contributed by atoms with Crippen molar-refractivity contribution in [1.82, 2.24) is 4.57 Å². The quantitative estimate of drug-likeness (QED) is 0.129. The van der Waals surface area contributed by atoms with Crippen LogP contribution in [0, 0.1) is 17.8 Å². The van der Waals surface area contributed by atoms with Crippen molar-refractivity contribution in [3.8, 4) is 0 Å². The van der Waals surface area contributed by atoms with E-state index in [0.29, 0.717) is 23.7 Å². The minimum Gasteiger partial charge on any atom is -0.313 e. The summed E-state index contributed by atoms with van der Waals surface area (Å²) in [7, 11) is 0. The van der Waals surface area contributed by atoms with Crippen molar-refractivity contribution < 1.29 is 0 Å². The lowest BCUT2D eigenvalue weighted by Gasteiger charge is -2.32. The van der Waals surface area contributed by atoms with Crippen LogP contribution < -0.4 is 0 Å². The third-order valence-electron chi connectivity index (χ3n) is 12.7. The molecule has 2 nitrogen and oxygen atoms in total. The second-order valence-corrected chi connectivity index (χ2v) is 17.3. The van der Waals surface area contributed by atoms with Crippen LogP contribution in [-0.4, -0.2) is 10.8 Å². The maximum atomic E-state index is 4.92. The second-order valence-electron chi connectivity index (χ2n) is 17.3. The first-order chi connectivity index (χ1) is 25.7. The summed E-state index contributed by atoms with van der Waals surface area (Å²) < 4.78 is 2.51. The predicted molar refractivity (Wildman–Crippen MR) is 229 cm³/mol. The van der Waals surface area contributed by atoms with Crippen LogP contribution in [0.5, 0.6) is 0 Å². The maximum absolute atomic E-state index is 4.92. The molecule has 5 unspecified atom stereocenters. The average molecular weight is 689 g/mol. The van der Waals surface area contributed by atoms with E-state index in [4.69, 9.17) is 4.99 Å². The van der Waals surface area contributed by atoms with E-state index >= 15 is 0 Å². The Kier molecular flexibility index (Phi) is 7.45. The monoisotopic (exact) mass is 688 g/mol. The normalized spacial score (nSPS) is 23.5. The van der Waals surface area contributed by atoms with E-state index in [9.17, 15) is 0 Å². The fraction of sp³-hybridized carbons (Fsp3) is 0.275. The lowest BCUT2D eigenvalue weighted by atomic mass is 9.73. The summed E-state index contributed by atoms with van der Waals surface area (Å²) in [5, 5.41) is 11.0. The van der Waals surface area contributed by atoms with Gasteiger partial charge in [0.05, 0.1) is 11.0 Å². The number of para-hydroxylation sites is 2. The average Bonchev–Trinajstić information content (AvgIpc) is 3.51. The number of aromatic nitrogens is 1. The molecule has 0 amide bonds. The third kappa shape index (κ3) is 5.24. The van der Waals surface area contributed by atoms with Gasteiger partial charge in [0.2, 0.25) is 0 Å². The van der Waals surface area contributed by atoms with E-state index in [1.54, 1.807) is 0 Å². The molecule has 0 fully saturated rings. The van der Waals surface area contributed by atoms with Crippen molar-refractivity contribution >= 4 is 66.0 Å². The molecule has 7 aromatic rings. The van der Waals surface area contributed by atoms with Gasteiger partial charge in [-0.1, -0.05) is 144 Å². The number of rotatable bonds is 4. The lowest BCUT2D eigenvalue weighted by Crippen LogP contribution is -2.20. The molecule has 5 atom stereocenters. The molecule has 1 aliphatic heterocycles. The van der Waals surface area contributed by atoms with Crippen molar-refractivity contribution in [3.05, 3.63) is 150 Å². The number of nitrogens with zero attached hydrogens (tertiary/aromatic N) is 2. The van der Waals surface area contributed by atoms with Gasteiger partial charge in [0.25, 0.3) is 0 Å². The van der Waals surface area contributed by atoms with Gasteiger partial charge in [0.15, 0.2) is 0 Å². The molecule has 2 heterocycles. The van der Waals surface area contributed by atoms with Crippen LogP contribution in [0.2, 0.25) is 0 Å². The van der Waals surface area contributed by atoms with Crippen LogP contribution in [0.25, 0.3) is 59.8 Å². The molecule has 0 saturated heterocycles. The van der Waals surface area contributed by atoms with Gasteiger partial charge in [0.1, 0.15) is 0 Å². The Balaban J connectivity index is 1.14. The highest BCUT2D eigenvalue weighted by Gasteiger charge is 2.31. The van der Waals surface area contributed by atoms with Crippen LogP contribution in [0.15, 0.2) is 138 Å². The first-order valence-corrected chi connectivity index (χ1v) is 19.8. The summed E-state index contributed by atoms with van der Waals surface area (Å²) in [6.45, 7) is 11.7. The Bertz CT molecular complexity index is 2670. The number of benzene rings is 6. The highest BCUT2D eigenvalue weighted by Crippen LogP contribution is 2.48. The van der Waals surface area contributed by atoms with Gasteiger partial charge in [-0.25, -0.2) is 0 Å². The van der Waals surface area contributed by atoms with Crippen molar-refractivity contribution in [3.63, 3.8) is 0 Å². The topological polar surface area (TPSA) is 17.3 Å². The minimum absolute atomic E-state index is 0.0820. The standard InChI is InChI=1S/C51H48N2/c1-31-17-24-46(52-30-31)39-21-18-34(25-32(39)2)45-29-44(42-22-19-35-26-37(51(3,4)5)27-36-20-23-43(45)50(42)49(35)36)33-11-10-12-38(28-33)53-47-15-8-6-13-40(47)41-14-7-9-16-48(41)53/h6-16,18-24,26-27,29-34,39H,17,25,28H2,1-5H3. The molecule has 0 radical (unpaired) electrons. The zero-order valence-electron chi connectivity index (χ0n) is 31.6.